The number of fused-ring (bicyclic) bond motifs is 1. The number of aromatic nitrogens is 1. The van der Waals surface area contributed by atoms with Gasteiger partial charge in [0.25, 0.3) is 11.5 Å². The molecule has 0 aliphatic rings. The average molecular weight is 276 g/mol. The summed E-state index contributed by atoms with van der Waals surface area (Å²) in [5, 5.41) is 22.0. The molecule has 0 unspecified atom stereocenters. The van der Waals surface area contributed by atoms with E-state index in [0.717, 1.165) is 0 Å². The molecule has 2 aromatic rings. The van der Waals surface area contributed by atoms with Crippen molar-refractivity contribution in [2.45, 2.75) is 12.5 Å². The van der Waals surface area contributed by atoms with E-state index in [4.69, 9.17) is 10.2 Å². The van der Waals surface area contributed by atoms with Crippen LogP contribution in [-0.4, -0.2) is 39.9 Å². The van der Waals surface area contributed by atoms with Crippen LogP contribution in [0, 0.1) is 0 Å². The first-order valence-electron chi connectivity index (χ1n) is 6.15. The van der Waals surface area contributed by atoms with Crippen LogP contribution in [0.3, 0.4) is 0 Å². The number of nitrogens with one attached hydrogen (secondary N) is 2. The van der Waals surface area contributed by atoms with Crippen molar-refractivity contribution >= 4 is 16.7 Å². The standard InChI is InChI=1S/C14H16N2O4/c1-14(7-17,8-18)16-13(20)11-6-9-4-2-3-5-10(9)12(19)15-11/h2-6,17-18H,7-8H2,1H3,(H,15,19)(H,16,20). The average Bonchev–Trinajstić information content (AvgIpc) is 2.47. The molecule has 20 heavy (non-hydrogen) atoms. The smallest absolute Gasteiger partial charge is 0.268 e. The summed E-state index contributed by atoms with van der Waals surface area (Å²) in [6, 6.07) is 8.47. The fourth-order valence-electron chi connectivity index (χ4n) is 1.80. The summed E-state index contributed by atoms with van der Waals surface area (Å²) in [6.07, 6.45) is 0. The van der Waals surface area contributed by atoms with Gasteiger partial charge in [-0.2, -0.15) is 0 Å². The number of hydrogen-bond acceptors (Lipinski definition) is 4. The summed E-state index contributed by atoms with van der Waals surface area (Å²) in [7, 11) is 0. The molecule has 0 radical (unpaired) electrons. The van der Waals surface area contributed by atoms with Crippen molar-refractivity contribution < 1.29 is 15.0 Å². The van der Waals surface area contributed by atoms with E-state index in [0.29, 0.717) is 10.8 Å². The van der Waals surface area contributed by atoms with Crippen LogP contribution in [-0.2, 0) is 0 Å². The Morgan fingerprint density at radius 1 is 1.30 bits per heavy atom. The molecule has 0 aliphatic carbocycles. The highest BCUT2D eigenvalue weighted by Crippen LogP contribution is 2.11. The van der Waals surface area contributed by atoms with Gasteiger partial charge >= 0.3 is 0 Å². The Kier molecular flexibility index (Phi) is 3.87. The summed E-state index contributed by atoms with van der Waals surface area (Å²) in [4.78, 5) is 26.4. The van der Waals surface area contributed by atoms with Crippen LogP contribution in [0.2, 0.25) is 0 Å². The Morgan fingerprint density at radius 2 is 1.95 bits per heavy atom. The van der Waals surface area contributed by atoms with E-state index in [-0.39, 0.29) is 11.3 Å². The number of rotatable bonds is 4. The topological polar surface area (TPSA) is 102 Å². The minimum Gasteiger partial charge on any atom is -0.394 e. The molecule has 0 saturated heterocycles. The number of carbonyl (C=O) groups is 1. The van der Waals surface area contributed by atoms with Crippen molar-refractivity contribution in [2.24, 2.45) is 0 Å². The number of aliphatic hydroxyl groups is 2. The molecule has 0 saturated carbocycles. The van der Waals surface area contributed by atoms with E-state index >= 15 is 0 Å². The normalized spacial score (nSPS) is 11.6. The number of aliphatic hydroxyl groups excluding tert-OH is 2. The molecule has 1 aromatic carbocycles. The van der Waals surface area contributed by atoms with Gasteiger partial charge in [-0.25, -0.2) is 0 Å². The van der Waals surface area contributed by atoms with Gasteiger partial charge in [0, 0.05) is 5.39 Å². The third-order valence-electron chi connectivity index (χ3n) is 3.11. The second-order valence-corrected chi connectivity index (χ2v) is 4.93. The van der Waals surface area contributed by atoms with Crippen LogP contribution in [0.4, 0.5) is 0 Å². The highest BCUT2D eigenvalue weighted by Gasteiger charge is 2.25. The predicted octanol–water partition coefficient (Wildman–Crippen LogP) is 0.00120. The summed E-state index contributed by atoms with van der Waals surface area (Å²) in [6.45, 7) is 0.685. The number of aromatic amines is 1. The van der Waals surface area contributed by atoms with Gasteiger partial charge in [-0.15, -0.1) is 0 Å². The fraction of sp³-hybridized carbons (Fsp3) is 0.286. The van der Waals surface area contributed by atoms with Gasteiger partial charge in [-0.3, -0.25) is 9.59 Å². The first-order valence-corrected chi connectivity index (χ1v) is 6.15. The van der Waals surface area contributed by atoms with E-state index in [2.05, 4.69) is 10.3 Å². The maximum Gasteiger partial charge on any atom is 0.268 e. The van der Waals surface area contributed by atoms with Crippen LogP contribution in [0.1, 0.15) is 17.4 Å². The lowest BCUT2D eigenvalue weighted by Gasteiger charge is -2.26. The quantitative estimate of drug-likeness (QED) is 0.631. The zero-order valence-corrected chi connectivity index (χ0v) is 11.0. The number of H-pyrrole nitrogens is 1. The Balaban J connectivity index is 2.38. The lowest BCUT2D eigenvalue weighted by molar-refractivity contribution is 0.0719. The number of hydrogen-bond donors (Lipinski definition) is 4. The van der Waals surface area contributed by atoms with Gasteiger partial charge in [-0.1, -0.05) is 18.2 Å². The third kappa shape index (κ3) is 2.71. The van der Waals surface area contributed by atoms with Crippen molar-refractivity contribution in [3.8, 4) is 0 Å². The summed E-state index contributed by atoms with van der Waals surface area (Å²) in [5.41, 5.74) is -1.41. The van der Waals surface area contributed by atoms with E-state index in [1.165, 1.54) is 6.92 Å². The molecule has 2 rings (SSSR count). The molecule has 1 aromatic heterocycles. The van der Waals surface area contributed by atoms with Gasteiger partial charge < -0.3 is 20.5 Å². The van der Waals surface area contributed by atoms with Crippen LogP contribution in [0.25, 0.3) is 10.8 Å². The molecule has 0 aliphatic heterocycles. The first-order chi connectivity index (χ1) is 9.49. The van der Waals surface area contributed by atoms with Gasteiger partial charge in [0.2, 0.25) is 0 Å². The minimum atomic E-state index is -1.14. The monoisotopic (exact) mass is 276 g/mol. The first kappa shape index (κ1) is 14.2. The van der Waals surface area contributed by atoms with Crippen LogP contribution >= 0.6 is 0 Å². The molecule has 1 heterocycles. The van der Waals surface area contributed by atoms with E-state index in [9.17, 15) is 9.59 Å². The van der Waals surface area contributed by atoms with Gasteiger partial charge in [0.1, 0.15) is 5.69 Å². The van der Waals surface area contributed by atoms with Gasteiger partial charge in [-0.05, 0) is 24.4 Å². The van der Waals surface area contributed by atoms with E-state index in [1.807, 2.05) is 0 Å². The second kappa shape index (κ2) is 5.44. The molecule has 0 spiro atoms. The summed E-state index contributed by atoms with van der Waals surface area (Å²) >= 11 is 0. The minimum absolute atomic E-state index is 0.0850. The van der Waals surface area contributed by atoms with Crippen molar-refractivity contribution in [3.63, 3.8) is 0 Å². The van der Waals surface area contributed by atoms with Gasteiger partial charge in [0.15, 0.2) is 0 Å². The SMILES string of the molecule is CC(CO)(CO)NC(=O)c1cc2ccccc2c(=O)[nH]1. The van der Waals surface area contributed by atoms with Crippen molar-refractivity contribution in [1.29, 1.82) is 0 Å². The molecule has 1 amide bonds. The van der Waals surface area contributed by atoms with Crippen molar-refractivity contribution in [2.75, 3.05) is 13.2 Å². The predicted molar refractivity (Wildman–Crippen MR) is 74.6 cm³/mol. The Labute approximate surface area is 115 Å². The molecule has 6 heteroatoms. The number of pyridine rings is 1. The Hall–Kier alpha value is -2.18. The lowest BCUT2D eigenvalue weighted by atomic mass is 10.0. The zero-order valence-electron chi connectivity index (χ0n) is 11.0. The largest absolute Gasteiger partial charge is 0.394 e. The molecule has 6 nitrogen and oxygen atoms in total. The van der Waals surface area contributed by atoms with E-state index in [1.54, 1.807) is 30.3 Å². The van der Waals surface area contributed by atoms with Gasteiger partial charge in [0.05, 0.1) is 18.8 Å². The lowest BCUT2D eigenvalue weighted by Crippen LogP contribution is -2.52. The number of carbonyl (C=O) groups excluding carboxylic acids is 1. The van der Waals surface area contributed by atoms with Crippen LogP contribution < -0.4 is 10.9 Å². The Bertz CT molecular complexity index is 689. The Morgan fingerprint density at radius 3 is 2.60 bits per heavy atom. The van der Waals surface area contributed by atoms with Crippen LogP contribution in [0.15, 0.2) is 35.1 Å². The maximum absolute atomic E-state index is 12.1. The molecule has 0 atom stereocenters. The summed E-state index contributed by atoms with van der Waals surface area (Å²) in [5.74, 6) is -0.557. The molecular weight excluding hydrogens is 260 g/mol. The fourth-order valence-corrected chi connectivity index (χ4v) is 1.80. The van der Waals surface area contributed by atoms with Crippen LogP contribution in [0.5, 0.6) is 0 Å². The van der Waals surface area contributed by atoms with E-state index < -0.39 is 24.7 Å². The summed E-state index contributed by atoms with van der Waals surface area (Å²) < 4.78 is 0. The highest BCUT2D eigenvalue weighted by atomic mass is 16.3. The number of amides is 1. The van der Waals surface area contributed by atoms with Crippen molar-refractivity contribution in [1.82, 2.24) is 10.3 Å². The molecule has 0 bridgehead atoms. The molecule has 4 N–H and O–H groups in total. The maximum atomic E-state index is 12.1. The van der Waals surface area contributed by atoms with Crippen molar-refractivity contribution in [3.05, 3.63) is 46.4 Å². The third-order valence-corrected chi connectivity index (χ3v) is 3.11. The molecular formula is C14H16N2O4. The highest BCUT2D eigenvalue weighted by molar-refractivity contribution is 5.96. The zero-order chi connectivity index (χ0) is 14.8. The molecule has 0 fully saturated rings. The number of benzene rings is 1. The molecule has 106 valence electrons. The second-order valence-electron chi connectivity index (χ2n) is 4.93.